The monoisotopic (exact) mass is 329 g/mol. The van der Waals surface area contributed by atoms with Gasteiger partial charge in [-0.3, -0.25) is 10.1 Å². The molecule has 0 radical (unpaired) electrons. The Labute approximate surface area is 139 Å². The van der Waals surface area contributed by atoms with Crippen molar-refractivity contribution in [2.45, 2.75) is 25.2 Å². The van der Waals surface area contributed by atoms with E-state index in [0.717, 1.165) is 24.2 Å². The van der Waals surface area contributed by atoms with Gasteiger partial charge in [0.2, 0.25) is 5.95 Å². The predicted molar refractivity (Wildman–Crippen MR) is 90.6 cm³/mol. The van der Waals surface area contributed by atoms with E-state index in [1.165, 1.54) is 12.1 Å². The Bertz CT molecular complexity index is 716. The molecule has 1 heterocycles. The molecule has 3 N–H and O–H groups in total. The van der Waals surface area contributed by atoms with Crippen LogP contribution >= 0.6 is 0 Å². The van der Waals surface area contributed by atoms with E-state index in [-0.39, 0.29) is 12.3 Å². The quantitative estimate of drug-likeness (QED) is 0.387. The number of aliphatic hydroxyl groups is 1. The van der Waals surface area contributed by atoms with Crippen LogP contribution in [-0.2, 0) is 0 Å². The van der Waals surface area contributed by atoms with Gasteiger partial charge >= 0.3 is 0 Å². The molecule has 3 rings (SSSR count). The summed E-state index contributed by atoms with van der Waals surface area (Å²) in [5.41, 5.74) is 1.76. The molecule has 8 heteroatoms. The Kier molecular flexibility index (Phi) is 4.85. The topological polar surface area (TPSA) is 113 Å². The zero-order valence-corrected chi connectivity index (χ0v) is 13.1. The van der Waals surface area contributed by atoms with Crippen LogP contribution in [0.2, 0.25) is 0 Å². The standard InChI is InChI=1S/C16H19N5O3/c22-9-1-8-17-16-19-14(11-2-3-11)10-15(20-16)18-12-4-6-13(7-5-12)21(23)24/h4-7,10-11,22H,1-3,8-9H2,(H2,17,18,19,20). The lowest BCUT2D eigenvalue weighted by Crippen LogP contribution is -2.09. The molecule has 0 unspecified atom stereocenters. The first kappa shape index (κ1) is 16.1. The van der Waals surface area contributed by atoms with Gasteiger partial charge in [-0.2, -0.15) is 4.98 Å². The highest BCUT2D eigenvalue weighted by Crippen LogP contribution is 2.40. The number of hydrogen-bond acceptors (Lipinski definition) is 7. The van der Waals surface area contributed by atoms with Gasteiger partial charge in [0.25, 0.3) is 5.69 Å². The summed E-state index contributed by atoms with van der Waals surface area (Å²) in [6.07, 6.45) is 2.89. The van der Waals surface area contributed by atoms with Gasteiger partial charge in [0.1, 0.15) is 5.82 Å². The minimum absolute atomic E-state index is 0.0493. The van der Waals surface area contributed by atoms with Gasteiger partial charge in [-0.15, -0.1) is 0 Å². The number of benzene rings is 1. The summed E-state index contributed by atoms with van der Waals surface area (Å²) in [6.45, 7) is 0.713. The number of hydrogen-bond donors (Lipinski definition) is 3. The van der Waals surface area contributed by atoms with Gasteiger partial charge in [0.15, 0.2) is 0 Å². The normalized spacial score (nSPS) is 13.5. The van der Waals surface area contributed by atoms with Crippen molar-refractivity contribution in [3.8, 4) is 0 Å². The van der Waals surface area contributed by atoms with Gasteiger partial charge in [-0.1, -0.05) is 0 Å². The Morgan fingerprint density at radius 2 is 2.00 bits per heavy atom. The van der Waals surface area contributed by atoms with Crippen LogP contribution in [0.1, 0.15) is 30.9 Å². The number of rotatable bonds is 8. The molecule has 0 aliphatic heterocycles. The van der Waals surface area contributed by atoms with E-state index in [1.807, 2.05) is 6.07 Å². The Morgan fingerprint density at radius 3 is 2.62 bits per heavy atom. The molecule has 1 aliphatic carbocycles. The number of non-ortho nitro benzene ring substituents is 1. The molecule has 24 heavy (non-hydrogen) atoms. The molecule has 1 aromatic heterocycles. The summed E-state index contributed by atoms with van der Waals surface area (Å²) in [4.78, 5) is 19.2. The first-order valence-corrected chi connectivity index (χ1v) is 7.91. The highest BCUT2D eigenvalue weighted by molar-refractivity contribution is 5.59. The van der Waals surface area contributed by atoms with Crippen molar-refractivity contribution in [3.05, 3.63) is 46.1 Å². The van der Waals surface area contributed by atoms with Gasteiger partial charge in [0, 0.05) is 43.0 Å². The second kappa shape index (κ2) is 7.22. The second-order valence-electron chi connectivity index (χ2n) is 5.71. The summed E-state index contributed by atoms with van der Waals surface area (Å²) in [7, 11) is 0. The van der Waals surface area contributed by atoms with Gasteiger partial charge in [-0.25, -0.2) is 4.98 Å². The van der Waals surface area contributed by atoms with Crippen LogP contribution < -0.4 is 10.6 Å². The molecule has 0 atom stereocenters. The third kappa shape index (κ3) is 4.17. The Hall–Kier alpha value is -2.74. The van der Waals surface area contributed by atoms with E-state index in [1.54, 1.807) is 12.1 Å². The van der Waals surface area contributed by atoms with Gasteiger partial charge < -0.3 is 15.7 Å². The first-order chi connectivity index (χ1) is 11.7. The van der Waals surface area contributed by atoms with Crippen molar-refractivity contribution in [2.75, 3.05) is 23.8 Å². The summed E-state index contributed by atoms with van der Waals surface area (Å²) in [5, 5.41) is 25.8. The van der Waals surface area contributed by atoms with E-state index >= 15 is 0 Å². The van der Waals surface area contributed by atoms with Crippen molar-refractivity contribution in [1.29, 1.82) is 0 Å². The predicted octanol–water partition coefficient (Wildman–Crippen LogP) is 2.80. The van der Waals surface area contributed by atoms with Crippen LogP contribution in [0.25, 0.3) is 0 Å². The highest BCUT2D eigenvalue weighted by Gasteiger charge is 2.26. The van der Waals surface area contributed by atoms with E-state index in [2.05, 4.69) is 20.6 Å². The van der Waals surface area contributed by atoms with Crippen molar-refractivity contribution >= 4 is 23.1 Å². The summed E-state index contributed by atoms with van der Waals surface area (Å²) >= 11 is 0. The van der Waals surface area contributed by atoms with Gasteiger partial charge in [-0.05, 0) is 31.4 Å². The molecule has 8 nitrogen and oxygen atoms in total. The van der Waals surface area contributed by atoms with Gasteiger partial charge in [0.05, 0.1) is 10.6 Å². The Balaban J connectivity index is 1.76. The third-order valence-electron chi connectivity index (χ3n) is 3.71. The molecular formula is C16H19N5O3. The van der Waals surface area contributed by atoms with Crippen LogP contribution in [0.4, 0.5) is 23.1 Å². The maximum Gasteiger partial charge on any atom is 0.269 e. The summed E-state index contributed by atoms with van der Waals surface area (Å²) in [6, 6.07) is 8.11. The summed E-state index contributed by atoms with van der Waals surface area (Å²) < 4.78 is 0. The fourth-order valence-electron chi connectivity index (χ4n) is 2.29. The third-order valence-corrected chi connectivity index (χ3v) is 3.71. The molecule has 1 fully saturated rings. The van der Waals surface area contributed by atoms with E-state index in [9.17, 15) is 10.1 Å². The average Bonchev–Trinajstić information content (AvgIpc) is 3.40. The first-order valence-electron chi connectivity index (χ1n) is 7.91. The minimum atomic E-state index is -0.428. The number of nitrogens with zero attached hydrogens (tertiary/aromatic N) is 3. The number of anilines is 3. The van der Waals surface area contributed by atoms with Crippen molar-refractivity contribution in [1.82, 2.24) is 9.97 Å². The molecule has 0 amide bonds. The number of nitro groups is 1. The lowest BCUT2D eigenvalue weighted by atomic mass is 10.2. The fraction of sp³-hybridized carbons (Fsp3) is 0.375. The minimum Gasteiger partial charge on any atom is -0.396 e. The van der Waals surface area contributed by atoms with E-state index in [0.29, 0.717) is 30.6 Å². The number of nitro benzene ring substituents is 1. The fourth-order valence-corrected chi connectivity index (χ4v) is 2.29. The highest BCUT2D eigenvalue weighted by atomic mass is 16.6. The van der Waals surface area contributed by atoms with Crippen molar-refractivity contribution in [2.24, 2.45) is 0 Å². The van der Waals surface area contributed by atoms with Crippen LogP contribution in [-0.4, -0.2) is 33.1 Å². The number of aromatic nitrogens is 2. The van der Waals surface area contributed by atoms with Crippen LogP contribution in [0.3, 0.4) is 0 Å². The van der Waals surface area contributed by atoms with Crippen LogP contribution in [0.5, 0.6) is 0 Å². The second-order valence-corrected chi connectivity index (χ2v) is 5.71. The molecule has 1 aliphatic rings. The number of aliphatic hydroxyl groups excluding tert-OH is 1. The SMILES string of the molecule is O=[N+]([O-])c1ccc(Nc2cc(C3CC3)nc(NCCCO)n2)cc1. The van der Waals surface area contributed by atoms with Crippen molar-refractivity contribution in [3.63, 3.8) is 0 Å². The zero-order chi connectivity index (χ0) is 16.9. The van der Waals surface area contributed by atoms with Crippen LogP contribution in [0.15, 0.2) is 30.3 Å². The molecule has 0 spiro atoms. The van der Waals surface area contributed by atoms with E-state index in [4.69, 9.17) is 5.11 Å². The molecular weight excluding hydrogens is 310 g/mol. The molecule has 1 saturated carbocycles. The Morgan fingerprint density at radius 1 is 1.25 bits per heavy atom. The maximum atomic E-state index is 10.7. The molecule has 0 bridgehead atoms. The van der Waals surface area contributed by atoms with Crippen LogP contribution in [0, 0.1) is 10.1 Å². The number of nitrogens with one attached hydrogen (secondary N) is 2. The molecule has 2 aromatic rings. The summed E-state index contributed by atoms with van der Waals surface area (Å²) in [5.74, 6) is 1.65. The molecule has 1 aromatic carbocycles. The van der Waals surface area contributed by atoms with E-state index < -0.39 is 4.92 Å². The average molecular weight is 329 g/mol. The van der Waals surface area contributed by atoms with Crippen molar-refractivity contribution < 1.29 is 10.0 Å². The lowest BCUT2D eigenvalue weighted by molar-refractivity contribution is -0.384. The largest absolute Gasteiger partial charge is 0.396 e. The zero-order valence-electron chi connectivity index (χ0n) is 13.1. The molecule has 0 saturated heterocycles. The lowest BCUT2D eigenvalue weighted by Gasteiger charge is -2.11. The molecule has 126 valence electrons. The smallest absolute Gasteiger partial charge is 0.269 e. The maximum absolute atomic E-state index is 10.7.